The van der Waals surface area contributed by atoms with Crippen LogP contribution in [0, 0.1) is 11.8 Å². The van der Waals surface area contributed by atoms with E-state index < -0.39 is 0 Å². The maximum absolute atomic E-state index is 6.19. The van der Waals surface area contributed by atoms with Gasteiger partial charge in [-0.15, -0.1) is 0 Å². The lowest BCUT2D eigenvalue weighted by molar-refractivity contribution is 0.453. The van der Waals surface area contributed by atoms with Crippen LogP contribution in [-0.2, 0) is 0 Å². The van der Waals surface area contributed by atoms with E-state index in [0.29, 0.717) is 12.0 Å². The molecule has 1 aromatic heterocycles. The van der Waals surface area contributed by atoms with Gasteiger partial charge in [-0.2, -0.15) is 0 Å². The van der Waals surface area contributed by atoms with E-state index in [1.807, 2.05) is 30.5 Å². The monoisotopic (exact) mass is 254 g/mol. The van der Waals surface area contributed by atoms with Gasteiger partial charge in [0.05, 0.1) is 17.2 Å². The number of anilines is 1. The van der Waals surface area contributed by atoms with Crippen LogP contribution in [0.2, 0.25) is 0 Å². The molecule has 1 aliphatic carbocycles. The predicted molar refractivity (Wildman–Crippen MR) is 75.9 cm³/mol. The normalized spacial score (nSPS) is 29.9. The summed E-state index contributed by atoms with van der Waals surface area (Å²) < 4.78 is 0. The summed E-state index contributed by atoms with van der Waals surface area (Å²) in [5.74, 6) is 2.40. The molecule has 2 aromatic rings. The molecule has 1 aromatic carbocycles. The lowest BCUT2D eigenvalue weighted by atomic mass is 9.98. The molecular weight excluding hydrogens is 236 g/mol. The Morgan fingerprint density at radius 2 is 1.95 bits per heavy atom. The van der Waals surface area contributed by atoms with Crippen molar-refractivity contribution in [3.63, 3.8) is 0 Å². The van der Waals surface area contributed by atoms with Crippen molar-refractivity contribution < 1.29 is 0 Å². The number of hydrogen-bond acceptors (Lipinski definition) is 4. The molecule has 0 amide bonds. The average Bonchev–Trinajstić information content (AvgIpc) is 3.01. The molecular formula is C15H18N4. The molecule has 0 spiro atoms. The van der Waals surface area contributed by atoms with Crippen LogP contribution in [0.3, 0.4) is 0 Å². The molecule has 2 N–H and O–H groups in total. The summed E-state index contributed by atoms with van der Waals surface area (Å²) in [6, 6.07) is 8.41. The fraction of sp³-hybridized carbons (Fsp3) is 0.467. The second-order valence-electron chi connectivity index (χ2n) is 5.79. The van der Waals surface area contributed by atoms with Gasteiger partial charge in [-0.05, 0) is 36.8 Å². The van der Waals surface area contributed by atoms with Crippen molar-refractivity contribution in [1.29, 1.82) is 0 Å². The number of benzene rings is 1. The Morgan fingerprint density at radius 3 is 2.79 bits per heavy atom. The van der Waals surface area contributed by atoms with Crippen molar-refractivity contribution in [2.45, 2.75) is 18.9 Å². The summed E-state index contributed by atoms with van der Waals surface area (Å²) in [6.45, 7) is 2.13. The van der Waals surface area contributed by atoms with Crippen molar-refractivity contribution in [1.82, 2.24) is 9.97 Å². The Labute approximate surface area is 112 Å². The lowest BCUT2D eigenvalue weighted by Crippen LogP contribution is -2.30. The highest BCUT2D eigenvalue weighted by Gasteiger charge is 2.41. The third kappa shape index (κ3) is 1.78. The molecule has 3 atom stereocenters. The van der Waals surface area contributed by atoms with Gasteiger partial charge >= 0.3 is 0 Å². The topological polar surface area (TPSA) is 55.0 Å². The van der Waals surface area contributed by atoms with Gasteiger partial charge in [-0.1, -0.05) is 12.1 Å². The molecule has 1 aliphatic heterocycles. The Kier molecular flexibility index (Phi) is 2.45. The fourth-order valence-electron chi connectivity index (χ4n) is 3.59. The van der Waals surface area contributed by atoms with Crippen molar-refractivity contribution in [2.75, 3.05) is 18.0 Å². The highest BCUT2D eigenvalue weighted by atomic mass is 15.2. The summed E-state index contributed by atoms with van der Waals surface area (Å²) in [6.07, 6.45) is 4.35. The van der Waals surface area contributed by atoms with Gasteiger partial charge in [0.15, 0.2) is 0 Å². The quantitative estimate of drug-likeness (QED) is 0.843. The highest BCUT2D eigenvalue weighted by Crippen LogP contribution is 2.38. The van der Waals surface area contributed by atoms with Gasteiger partial charge in [-0.3, -0.25) is 4.98 Å². The molecule has 2 heterocycles. The third-order valence-corrected chi connectivity index (χ3v) is 4.67. The summed E-state index contributed by atoms with van der Waals surface area (Å²) in [5, 5.41) is 0. The van der Waals surface area contributed by atoms with Gasteiger partial charge in [0.2, 0.25) is 0 Å². The predicted octanol–water partition coefficient (Wildman–Crippen LogP) is 1.80. The summed E-state index contributed by atoms with van der Waals surface area (Å²) in [5.41, 5.74) is 8.12. The van der Waals surface area contributed by atoms with E-state index in [9.17, 15) is 0 Å². The Balaban J connectivity index is 1.65. The maximum atomic E-state index is 6.19. The molecule has 98 valence electrons. The van der Waals surface area contributed by atoms with Crippen LogP contribution in [-0.4, -0.2) is 29.1 Å². The largest absolute Gasteiger partial charge is 0.355 e. The number of rotatable bonds is 1. The van der Waals surface area contributed by atoms with E-state index in [1.54, 1.807) is 0 Å². The molecule has 2 fully saturated rings. The zero-order valence-electron chi connectivity index (χ0n) is 10.9. The van der Waals surface area contributed by atoms with E-state index in [0.717, 1.165) is 35.9 Å². The SMILES string of the molecule is NC1CCC2CN(c3cnc4ccccc4n3)CC12. The van der Waals surface area contributed by atoms with Crippen molar-refractivity contribution in [3.8, 4) is 0 Å². The fourth-order valence-corrected chi connectivity index (χ4v) is 3.59. The second-order valence-corrected chi connectivity index (χ2v) is 5.79. The molecule has 1 saturated heterocycles. The van der Waals surface area contributed by atoms with Crippen molar-refractivity contribution in [2.24, 2.45) is 17.6 Å². The average molecular weight is 254 g/mol. The Morgan fingerprint density at radius 1 is 1.11 bits per heavy atom. The van der Waals surface area contributed by atoms with Gasteiger partial charge in [-0.25, -0.2) is 4.98 Å². The zero-order chi connectivity index (χ0) is 12.8. The standard InChI is InChI=1S/C15H18N4/c16-12-6-5-10-8-19(9-11(10)12)15-7-17-13-3-1-2-4-14(13)18-15/h1-4,7,10-12H,5-6,8-9,16H2. The van der Waals surface area contributed by atoms with Crippen molar-refractivity contribution >= 4 is 16.9 Å². The maximum Gasteiger partial charge on any atom is 0.147 e. The van der Waals surface area contributed by atoms with Crippen LogP contribution < -0.4 is 10.6 Å². The smallest absolute Gasteiger partial charge is 0.147 e. The zero-order valence-corrected chi connectivity index (χ0v) is 10.9. The van der Waals surface area contributed by atoms with Crippen LogP contribution in [0.1, 0.15) is 12.8 Å². The number of nitrogens with two attached hydrogens (primary N) is 1. The molecule has 3 unspecified atom stereocenters. The van der Waals surface area contributed by atoms with Gasteiger partial charge in [0.25, 0.3) is 0 Å². The van der Waals surface area contributed by atoms with Crippen molar-refractivity contribution in [3.05, 3.63) is 30.5 Å². The number of para-hydroxylation sites is 2. The van der Waals surface area contributed by atoms with E-state index in [-0.39, 0.29) is 0 Å². The minimum Gasteiger partial charge on any atom is -0.355 e. The summed E-state index contributed by atoms with van der Waals surface area (Å²) in [7, 11) is 0. The highest BCUT2D eigenvalue weighted by molar-refractivity contribution is 5.75. The van der Waals surface area contributed by atoms with Crippen LogP contribution in [0.25, 0.3) is 11.0 Å². The first kappa shape index (κ1) is 11.2. The number of fused-ring (bicyclic) bond motifs is 2. The molecule has 4 heteroatoms. The first-order valence-electron chi connectivity index (χ1n) is 7.03. The minimum absolute atomic E-state index is 0.378. The van der Waals surface area contributed by atoms with Crippen LogP contribution >= 0.6 is 0 Å². The van der Waals surface area contributed by atoms with Crippen LogP contribution in [0.5, 0.6) is 0 Å². The van der Waals surface area contributed by atoms with Crippen LogP contribution in [0.15, 0.2) is 30.5 Å². The Hall–Kier alpha value is -1.68. The van der Waals surface area contributed by atoms with E-state index in [2.05, 4.69) is 9.88 Å². The van der Waals surface area contributed by atoms with Gasteiger partial charge in [0, 0.05) is 19.1 Å². The lowest BCUT2D eigenvalue weighted by Gasteiger charge is -2.19. The molecule has 4 rings (SSSR count). The van der Waals surface area contributed by atoms with E-state index >= 15 is 0 Å². The van der Waals surface area contributed by atoms with Gasteiger partial charge < -0.3 is 10.6 Å². The molecule has 1 saturated carbocycles. The third-order valence-electron chi connectivity index (χ3n) is 4.67. The molecule has 4 nitrogen and oxygen atoms in total. The minimum atomic E-state index is 0.378. The number of hydrogen-bond donors (Lipinski definition) is 1. The second kappa shape index (κ2) is 4.17. The molecule has 0 radical (unpaired) electrons. The first-order valence-corrected chi connectivity index (χ1v) is 7.03. The Bertz CT molecular complexity index is 612. The van der Waals surface area contributed by atoms with E-state index in [1.165, 1.54) is 12.8 Å². The van der Waals surface area contributed by atoms with Gasteiger partial charge in [0.1, 0.15) is 5.82 Å². The molecule has 19 heavy (non-hydrogen) atoms. The number of nitrogens with zero attached hydrogens (tertiary/aromatic N) is 3. The molecule has 0 bridgehead atoms. The summed E-state index contributed by atoms with van der Waals surface area (Å²) in [4.78, 5) is 11.6. The summed E-state index contributed by atoms with van der Waals surface area (Å²) >= 11 is 0. The first-order chi connectivity index (χ1) is 9.31. The van der Waals surface area contributed by atoms with Crippen LogP contribution in [0.4, 0.5) is 5.82 Å². The number of aromatic nitrogens is 2. The molecule has 2 aliphatic rings. The van der Waals surface area contributed by atoms with E-state index in [4.69, 9.17) is 10.7 Å².